The number of benzene rings is 1. The van der Waals surface area contributed by atoms with Gasteiger partial charge >= 0.3 is 0 Å². The molecule has 0 spiro atoms. The molecule has 1 aromatic rings. The number of piperidine rings is 1. The zero-order valence-corrected chi connectivity index (χ0v) is 15.9. The highest BCUT2D eigenvalue weighted by atomic mass is 16.5. The highest BCUT2D eigenvalue weighted by Crippen LogP contribution is 2.53. The van der Waals surface area contributed by atoms with Gasteiger partial charge in [-0.25, -0.2) is 0 Å². The number of carbonyl (C=O) groups excluding carboxylic acids is 1. The van der Waals surface area contributed by atoms with E-state index in [1.54, 1.807) is 7.11 Å². The third kappa shape index (κ3) is 2.27. The van der Waals surface area contributed by atoms with Crippen LogP contribution in [-0.2, 0) is 27.8 Å². The SMILES string of the molecule is CCc1cc(OC)cc2c1C[C@@H]1[C@@H]3OCCC[C@]23CCN1C(=O)C1CC1. The van der Waals surface area contributed by atoms with Crippen molar-refractivity contribution in [2.45, 2.75) is 69.4 Å². The van der Waals surface area contributed by atoms with Crippen molar-refractivity contribution >= 4 is 5.91 Å². The van der Waals surface area contributed by atoms with Crippen LogP contribution in [0, 0.1) is 5.92 Å². The molecule has 1 amide bonds. The van der Waals surface area contributed by atoms with E-state index in [1.807, 2.05) is 0 Å². The number of nitrogens with zero attached hydrogens (tertiary/aromatic N) is 1. The zero-order valence-electron chi connectivity index (χ0n) is 15.9. The predicted octanol–water partition coefficient (Wildman–Crippen LogP) is 3.24. The molecule has 0 radical (unpaired) electrons. The van der Waals surface area contributed by atoms with Crippen molar-refractivity contribution < 1.29 is 14.3 Å². The van der Waals surface area contributed by atoms with Crippen LogP contribution in [0.2, 0.25) is 0 Å². The van der Waals surface area contributed by atoms with Gasteiger partial charge in [-0.15, -0.1) is 0 Å². The topological polar surface area (TPSA) is 38.8 Å². The number of likely N-dealkylation sites (tertiary alicyclic amines) is 1. The minimum atomic E-state index is 0.0648. The number of ether oxygens (including phenoxy) is 2. The summed E-state index contributed by atoms with van der Waals surface area (Å²) in [7, 11) is 1.76. The van der Waals surface area contributed by atoms with Crippen LogP contribution in [0.3, 0.4) is 0 Å². The van der Waals surface area contributed by atoms with Gasteiger partial charge < -0.3 is 14.4 Å². The van der Waals surface area contributed by atoms with E-state index in [2.05, 4.69) is 24.0 Å². The van der Waals surface area contributed by atoms with Crippen LogP contribution in [0.5, 0.6) is 5.75 Å². The first kappa shape index (κ1) is 16.6. The molecule has 0 aromatic heterocycles. The van der Waals surface area contributed by atoms with E-state index in [1.165, 1.54) is 23.1 Å². The lowest BCUT2D eigenvalue weighted by molar-refractivity contribution is -0.158. The van der Waals surface area contributed by atoms with Gasteiger partial charge in [0.05, 0.1) is 19.3 Å². The average Bonchev–Trinajstić information content (AvgIpc) is 3.52. The normalized spacial score (nSPS) is 32.6. The van der Waals surface area contributed by atoms with Crippen LogP contribution < -0.4 is 4.74 Å². The number of methoxy groups -OCH3 is 1. The number of amides is 1. The van der Waals surface area contributed by atoms with Crippen LogP contribution in [0.1, 0.15) is 55.7 Å². The molecule has 2 heterocycles. The Morgan fingerprint density at radius 1 is 1.35 bits per heavy atom. The molecule has 4 heteroatoms. The van der Waals surface area contributed by atoms with E-state index in [-0.39, 0.29) is 23.5 Å². The summed E-state index contributed by atoms with van der Waals surface area (Å²) >= 11 is 0. The third-order valence-corrected chi connectivity index (χ3v) is 7.25. The summed E-state index contributed by atoms with van der Waals surface area (Å²) < 4.78 is 12.0. The summed E-state index contributed by atoms with van der Waals surface area (Å²) in [5.74, 6) is 1.64. The Morgan fingerprint density at radius 2 is 2.19 bits per heavy atom. The van der Waals surface area contributed by atoms with E-state index in [4.69, 9.17) is 9.47 Å². The van der Waals surface area contributed by atoms with E-state index >= 15 is 0 Å². The van der Waals surface area contributed by atoms with Gasteiger partial charge in [-0.1, -0.05) is 6.92 Å². The standard InChI is InChI=1S/C22H29NO3/c1-3-14-11-16(25-2)12-18-17(14)13-19-20-22(18,7-4-10-26-20)8-9-23(19)21(24)15-5-6-15/h11-12,15,19-20H,3-10,13H2,1-2H3/t19-,20+,22+/m1/s1. The second-order valence-corrected chi connectivity index (χ2v) is 8.54. The zero-order chi connectivity index (χ0) is 17.9. The number of aryl methyl sites for hydroxylation is 1. The molecule has 3 fully saturated rings. The molecular formula is C22H29NO3. The maximum Gasteiger partial charge on any atom is 0.226 e. The summed E-state index contributed by atoms with van der Waals surface area (Å²) in [6.45, 7) is 3.94. The van der Waals surface area contributed by atoms with E-state index in [0.29, 0.717) is 5.91 Å². The number of hydrogen-bond donors (Lipinski definition) is 0. The molecule has 4 nitrogen and oxygen atoms in total. The van der Waals surface area contributed by atoms with Crippen LogP contribution in [-0.4, -0.2) is 43.2 Å². The van der Waals surface area contributed by atoms with Gasteiger partial charge in [-0.2, -0.15) is 0 Å². The van der Waals surface area contributed by atoms with Crippen LogP contribution in [0.15, 0.2) is 12.1 Å². The Hall–Kier alpha value is -1.55. The lowest BCUT2D eigenvalue weighted by atomic mass is 9.58. The Morgan fingerprint density at radius 3 is 2.92 bits per heavy atom. The fourth-order valence-corrected chi connectivity index (χ4v) is 5.80. The van der Waals surface area contributed by atoms with Crippen molar-refractivity contribution in [1.29, 1.82) is 0 Å². The fourth-order valence-electron chi connectivity index (χ4n) is 5.80. The van der Waals surface area contributed by atoms with Gasteiger partial charge in [0.15, 0.2) is 0 Å². The van der Waals surface area contributed by atoms with Crippen molar-refractivity contribution in [3.8, 4) is 5.75 Å². The quantitative estimate of drug-likeness (QED) is 0.835. The molecule has 26 heavy (non-hydrogen) atoms. The Kier molecular flexibility index (Phi) is 3.82. The summed E-state index contributed by atoms with van der Waals surface area (Å²) in [5, 5.41) is 0. The van der Waals surface area contributed by atoms with Crippen molar-refractivity contribution in [1.82, 2.24) is 4.90 Å². The maximum absolute atomic E-state index is 12.9. The van der Waals surface area contributed by atoms with Crippen molar-refractivity contribution in [3.63, 3.8) is 0 Å². The molecule has 1 aromatic carbocycles. The molecule has 2 bridgehead atoms. The first-order chi connectivity index (χ1) is 12.7. The Bertz CT molecular complexity index is 741. The molecule has 2 aliphatic heterocycles. The van der Waals surface area contributed by atoms with Crippen LogP contribution in [0.25, 0.3) is 0 Å². The number of carbonyl (C=O) groups is 1. The van der Waals surface area contributed by atoms with E-state index in [9.17, 15) is 4.79 Å². The first-order valence-corrected chi connectivity index (χ1v) is 10.3. The van der Waals surface area contributed by atoms with Crippen molar-refractivity contribution in [2.75, 3.05) is 20.3 Å². The highest BCUT2D eigenvalue weighted by Gasteiger charge is 2.57. The van der Waals surface area contributed by atoms with E-state index in [0.717, 1.165) is 57.4 Å². The van der Waals surface area contributed by atoms with Crippen LogP contribution in [0.4, 0.5) is 0 Å². The smallest absolute Gasteiger partial charge is 0.226 e. The molecule has 2 saturated heterocycles. The maximum atomic E-state index is 12.9. The molecule has 0 unspecified atom stereocenters. The van der Waals surface area contributed by atoms with Gasteiger partial charge in [0.1, 0.15) is 5.75 Å². The lowest BCUT2D eigenvalue weighted by Crippen LogP contribution is -2.66. The summed E-state index contributed by atoms with van der Waals surface area (Å²) in [6, 6.07) is 4.68. The molecule has 140 valence electrons. The number of fused-ring (bicyclic) bond motifs is 1. The predicted molar refractivity (Wildman–Crippen MR) is 99.6 cm³/mol. The minimum absolute atomic E-state index is 0.0648. The number of rotatable bonds is 3. The monoisotopic (exact) mass is 355 g/mol. The van der Waals surface area contributed by atoms with Gasteiger partial charge in [-0.05, 0) is 73.8 Å². The summed E-state index contributed by atoms with van der Waals surface area (Å²) in [5.41, 5.74) is 4.37. The molecule has 4 aliphatic rings. The summed E-state index contributed by atoms with van der Waals surface area (Å²) in [4.78, 5) is 15.1. The van der Waals surface area contributed by atoms with E-state index < -0.39 is 0 Å². The highest BCUT2D eigenvalue weighted by molar-refractivity contribution is 5.82. The third-order valence-electron chi connectivity index (χ3n) is 7.25. The lowest BCUT2D eigenvalue weighted by Gasteiger charge is -2.58. The largest absolute Gasteiger partial charge is 0.497 e. The van der Waals surface area contributed by atoms with Gasteiger partial charge in [0.2, 0.25) is 5.91 Å². The molecule has 3 atom stereocenters. The molecule has 5 rings (SSSR count). The van der Waals surface area contributed by atoms with Gasteiger partial charge in [0, 0.05) is 24.5 Å². The minimum Gasteiger partial charge on any atom is -0.497 e. The second kappa shape index (κ2) is 5.98. The fraction of sp³-hybridized carbons (Fsp3) is 0.682. The van der Waals surface area contributed by atoms with Crippen LogP contribution >= 0.6 is 0 Å². The van der Waals surface area contributed by atoms with Gasteiger partial charge in [-0.3, -0.25) is 4.79 Å². The van der Waals surface area contributed by atoms with Crippen molar-refractivity contribution in [3.05, 3.63) is 28.8 Å². The molecular weight excluding hydrogens is 326 g/mol. The van der Waals surface area contributed by atoms with Crippen molar-refractivity contribution in [2.24, 2.45) is 5.92 Å². The molecule has 1 saturated carbocycles. The molecule has 2 aliphatic carbocycles. The van der Waals surface area contributed by atoms with Gasteiger partial charge in [0.25, 0.3) is 0 Å². The first-order valence-electron chi connectivity index (χ1n) is 10.3. The summed E-state index contributed by atoms with van der Waals surface area (Å²) in [6.07, 6.45) is 7.55. The average molecular weight is 355 g/mol. The molecule has 0 N–H and O–H groups in total. The Labute approximate surface area is 155 Å². The Balaban J connectivity index is 1.64. The number of hydrogen-bond acceptors (Lipinski definition) is 3. The second-order valence-electron chi connectivity index (χ2n) is 8.54.